The minimum Gasteiger partial charge on any atom is -0.380 e. The second kappa shape index (κ2) is 5.78. The molecule has 0 aliphatic carbocycles. The lowest BCUT2D eigenvalue weighted by molar-refractivity contribution is 0.145. The standard InChI is InChI=1S/C12H19NO/c1-10-3-4-12(9-11(10)2)5-7-14-8-6-13/h3-4,9H,5-8,13H2,1-2H3. The lowest BCUT2D eigenvalue weighted by Crippen LogP contribution is -2.10. The van der Waals surface area contributed by atoms with Gasteiger partial charge in [0.05, 0.1) is 13.2 Å². The average molecular weight is 193 g/mol. The van der Waals surface area contributed by atoms with Crippen LogP contribution in [-0.4, -0.2) is 19.8 Å². The molecule has 0 unspecified atom stereocenters. The Labute approximate surface area is 86.1 Å². The molecule has 0 heterocycles. The Morgan fingerprint density at radius 1 is 1.14 bits per heavy atom. The minimum atomic E-state index is 0.604. The second-order valence-corrected chi connectivity index (χ2v) is 3.57. The molecule has 78 valence electrons. The highest BCUT2D eigenvalue weighted by Gasteiger charge is 1.96. The van der Waals surface area contributed by atoms with E-state index >= 15 is 0 Å². The van der Waals surface area contributed by atoms with Crippen molar-refractivity contribution in [1.29, 1.82) is 0 Å². The van der Waals surface area contributed by atoms with Crippen molar-refractivity contribution in [1.82, 2.24) is 0 Å². The van der Waals surface area contributed by atoms with Crippen LogP contribution in [0.15, 0.2) is 18.2 Å². The fourth-order valence-electron chi connectivity index (χ4n) is 1.33. The SMILES string of the molecule is Cc1ccc(CCOCCN)cc1C. The number of nitrogens with two attached hydrogens (primary N) is 1. The maximum Gasteiger partial charge on any atom is 0.0588 e. The fourth-order valence-corrected chi connectivity index (χ4v) is 1.33. The van der Waals surface area contributed by atoms with Crippen molar-refractivity contribution in [2.45, 2.75) is 20.3 Å². The van der Waals surface area contributed by atoms with E-state index in [1.165, 1.54) is 16.7 Å². The number of ether oxygens (including phenoxy) is 1. The summed E-state index contributed by atoms with van der Waals surface area (Å²) in [5, 5.41) is 0. The van der Waals surface area contributed by atoms with Crippen LogP contribution in [0.2, 0.25) is 0 Å². The van der Waals surface area contributed by atoms with Gasteiger partial charge in [0.25, 0.3) is 0 Å². The number of hydrogen-bond donors (Lipinski definition) is 1. The Morgan fingerprint density at radius 2 is 1.93 bits per heavy atom. The molecule has 0 saturated heterocycles. The maximum atomic E-state index is 5.33. The highest BCUT2D eigenvalue weighted by molar-refractivity contribution is 5.29. The molecule has 2 nitrogen and oxygen atoms in total. The quantitative estimate of drug-likeness (QED) is 0.724. The van der Waals surface area contributed by atoms with Gasteiger partial charge in [0.1, 0.15) is 0 Å². The van der Waals surface area contributed by atoms with Crippen molar-refractivity contribution in [2.75, 3.05) is 19.8 Å². The van der Waals surface area contributed by atoms with Crippen molar-refractivity contribution in [3.63, 3.8) is 0 Å². The zero-order valence-electron chi connectivity index (χ0n) is 9.05. The van der Waals surface area contributed by atoms with E-state index in [4.69, 9.17) is 10.5 Å². The first-order valence-electron chi connectivity index (χ1n) is 5.08. The van der Waals surface area contributed by atoms with E-state index < -0.39 is 0 Å². The highest BCUT2D eigenvalue weighted by atomic mass is 16.5. The third kappa shape index (κ3) is 3.48. The van der Waals surface area contributed by atoms with E-state index in [1.54, 1.807) is 0 Å². The van der Waals surface area contributed by atoms with E-state index in [0.29, 0.717) is 13.2 Å². The first kappa shape index (κ1) is 11.2. The van der Waals surface area contributed by atoms with Gasteiger partial charge < -0.3 is 10.5 Å². The van der Waals surface area contributed by atoms with Gasteiger partial charge in [-0.25, -0.2) is 0 Å². The van der Waals surface area contributed by atoms with Crippen LogP contribution in [-0.2, 0) is 11.2 Å². The minimum absolute atomic E-state index is 0.604. The third-order valence-electron chi connectivity index (χ3n) is 2.37. The van der Waals surface area contributed by atoms with Crippen LogP contribution in [0.4, 0.5) is 0 Å². The molecule has 2 heteroatoms. The van der Waals surface area contributed by atoms with Gasteiger partial charge in [0.2, 0.25) is 0 Å². The topological polar surface area (TPSA) is 35.2 Å². The molecule has 0 radical (unpaired) electrons. The van der Waals surface area contributed by atoms with Crippen molar-refractivity contribution < 1.29 is 4.74 Å². The molecule has 0 bridgehead atoms. The molecular weight excluding hydrogens is 174 g/mol. The van der Waals surface area contributed by atoms with E-state index in [2.05, 4.69) is 32.0 Å². The largest absolute Gasteiger partial charge is 0.380 e. The Balaban J connectivity index is 2.39. The molecule has 0 aliphatic rings. The Morgan fingerprint density at radius 3 is 2.57 bits per heavy atom. The summed E-state index contributed by atoms with van der Waals surface area (Å²) in [6.45, 7) is 6.29. The lowest BCUT2D eigenvalue weighted by Gasteiger charge is -2.05. The van der Waals surface area contributed by atoms with Gasteiger partial charge >= 0.3 is 0 Å². The zero-order chi connectivity index (χ0) is 10.4. The molecule has 2 N–H and O–H groups in total. The predicted molar refractivity (Wildman–Crippen MR) is 59.5 cm³/mol. The smallest absolute Gasteiger partial charge is 0.0588 e. The van der Waals surface area contributed by atoms with Gasteiger partial charge in [-0.2, -0.15) is 0 Å². The van der Waals surface area contributed by atoms with Gasteiger partial charge in [0.15, 0.2) is 0 Å². The number of hydrogen-bond acceptors (Lipinski definition) is 2. The molecule has 0 aromatic heterocycles. The van der Waals surface area contributed by atoms with Crippen LogP contribution in [0.1, 0.15) is 16.7 Å². The fraction of sp³-hybridized carbons (Fsp3) is 0.500. The summed E-state index contributed by atoms with van der Waals surface area (Å²) >= 11 is 0. The van der Waals surface area contributed by atoms with Crippen LogP contribution in [0, 0.1) is 13.8 Å². The van der Waals surface area contributed by atoms with Crippen molar-refractivity contribution in [3.8, 4) is 0 Å². The van der Waals surface area contributed by atoms with Gasteiger partial charge in [-0.1, -0.05) is 18.2 Å². The predicted octanol–water partition coefficient (Wildman–Crippen LogP) is 1.82. The van der Waals surface area contributed by atoms with Gasteiger partial charge in [-0.3, -0.25) is 0 Å². The molecule has 1 aromatic carbocycles. The van der Waals surface area contributed by atoms with E-state index in [1.807, 2.05) is 0 Å². The number of benzene rings is 1. The summed E-state index contributed by atoms with van der Waals surface area (Å²) in [6.07, 6.45) is 0.973. The number of rotatable bonds is 5. The van der Waals surface area contributed by atoms with Crippen molar-refractivity contribution in [2.24, 2.45) is 5.73 Å². The van der Waals surface area contributed by atoms with E-state index in [9.17, 15) is 0 Å². The molecule has 0 aliphatic heterocycles. The van der Waals surface area contributed by atoms with Crippen molar-refractivity contribution in [3.05, 3.63) is 34.9 Å². The van der Waals surface area contributed by atoms with Crippen molar-refractivity contribution >= 4 is 0 Å². The van der Waals surface area contributed by atoms with Crippen LogP contribution in [0.25, 0.3) is 0 Å². The summed E-state index contributed by atoms with van der Waals surface area (Å²) in [7, 11) is 0. The number of aryl methyl sites for hydroxylation is 2. The molecular formula is C12H19NO. The first-order chi connectivity index (χ1) is 6.74. The molecule has 0 atom stereocenters. The molecule has 0 fully saturated rings. The first-order valence-corrected chi connectivity index (χ1v) is 5.08. The Kier molecular flexibility index (Phi) is 4.63. The molecule has 1 rings (SSSR count). The van der Waals surface area contributed by atoms with Gasteiger partial charge in [0, 0.05) is 6.54 Å². The molecule has 14 heavy (non-hydrogen) atoms. The third-order valence-corrected chi connectivity index (χ3v) is 2.37. The van der Waals surface area contributed by atoms with E-state index in [-0.39, 0.29) is 0 Å². The van der Waals surface area contributed by atoms with Crippen LogP contribution >= 0.6 is 0 Å². The van der Waals surface area contributed by atoms with Crippen LogP contribution in [0.3, 0.4) is 0 Å². The molecule has 0 amide bonds. The summed E-state index contributed by atoms with van der Waals surface area (Å²) in [4.78, 5) is 0. The molecule has 0 spiro atoms. The molecule has 1 aromatic rings. The zero-order valence-corrected chi connectivity index (χ0v) is 9.05. The highest BCUT2D eigenvalue weighted by Crippen LogP contribution is 2.10. The maximum absolute atomic E-state index is 5.33. The molecule has 0 saturated carbocycles. The average Bonchev–Trinajstić information content (AvgIpc) is 2.18. The normalized spacial score (nSPS) is 10.5. The van der Waals surface area contributed by atoms with Gasteiger partial charge in [-0.15, -0.1) is 0 Å². The summed E-state index contributed by atoms with van der Waals surface area (Å²) in [5.74, 6) is 0. The van der Waals surface area contributed by atoms with Gasteiger partial charge in [-0.05, 0) is 37.0 Å². The summed E-state index contributed by atoms with van der Waals surface area (Å²) in [5.41, 5.74) is 9.36. The second-order valence-electron chi connectivity index (χ2n) is 3.57. The summed E-state index contributed by atoms with van der Waals surface area (Å²) < 4.78 is 5.33. The Hall–Kier alpha value is -0.860. The Bertz CT molecular complexity index is 284. The van der Waals surface area contributed by atoms with Crippen LogP contribution < -0.4 is 5.73 Å². The summed E-state index contributed by atoms with van der Waals surface area (Å²) in [6, 6.07) is 6.54. The van der Waals surface area contributed by atoms with Crippen LogP contribution in [0.5, 0.6) is 0 Å². The monoisotopic (exact) mass is 193 g/mol. The van der Waals surface area contributed by atoms with E-state index in [0.717, 1.165) is 13.0 Å². The lowest BCUT2D eigenvalue weighted by atomic mass is 10.0.